The minimum Gasteiger partial charge on any atom is -0.341 e. The zero-order chi connectivity index (χ0) is 17.1. The van der Waals surface area contributed by atoms with Crippen molar-refractivity contribution in [1.29, 1.82) is 0 Å². The number of hydrogen-bond acceptors (Lipinski definition) is 6. The third-order valence-corrected chi connectivity index (χ3v) is 4.47. The van der Waals surface area contributed by atoms with E-state index in [4.69, 9.17) is 0 Å². The van der Waals surface area contributed by atoms with Crippen molar-refractivity contribution in [3.05, 3.63) is 36.9 Å². The van der Waals surface area contributed by atoms with Crippen molar-refractivity contribution in [3.8, 4) is 11.4 Å². The molecule has 130 valence electrons. The van der Waals surface area contributed by atoms with Gasteiger partial charge in [0, 0.05) is 44.4 Å². The molecule has 0 spiro atoms. The molecule has 0 bridgehead atoms. The Morgan fingerprint density at radius 2 is 1.84 bits per heavy atom. The summed E-state index contributed by atoms with van der Waals surface area (Å²) < 4.78 is 4.14. The summed E-state index contributed by atoms with van der Waals surface area (Å²) in [5, 5.41) is 8.27. The molecule has 25 heavy (non-hydrogen) atoms. The van der Waals surface area contributed by atoms with Crippen molar-refractivity contribution in [3.63, 3.8) is 0 Å². The van der Waals surface area contributed by atoms with Crippen LogP contribution in [0.2, 0.25) is 0 Å². The molecule has 0 unspecified atom stereocenters. The van der Waals surface area contributed by atoms with Crippen LogP contribution in [-0.4, -0.2) is 47.4 Å². The second-order valence-corrected chi connectivity index (χ2v) is 6.29. The summed E-state index contributed by atoms with van der Waals surface area (Å²) in [4.78, 5) is 15.8. The molecule has 1 aliphatic rings. The van der Waals surface area contributed by atoms with Gasteiger partial charge >= 0.3 is 0 Å². The highest BCUT2D eigenvalue weighted by Gasteiger charge is 2.16. The van der Waals surface area contributed by atoms with Gasteiger partial charge in [0.25, 0.3) is 0 Å². The second-order valence-electron chi connectivity index (χ2n) is 6.29. The molecular weight excluding hydrogens is 316 g/mol. The Hall–Kier alpha value is -2.77. The molecule has 1 aliphatic heterocycles. The summed E-state index contributed by atoms with van der Waals surface area (Å²) >= 11 is 0. The molecule has 0 N–H and O–H groups in total. The van der Waals surface area contributed by atoms with Gasteiger partial charge in [0.2, 0.25) is 5.95 Å². The van der Waals surface area contributed by atoms with Crippen LogP contribution in [0.5, 0.6) is 0 Å². The van der Waals surface area contributed by atoms with Gasteiger partial charge in [-0.2, -0.15) is 0 Å². The number of aromatic nitrogens is 7. The van der Waals surface area contributed by atoms with E-state index in [0.717, 1.165) is 49.2 Å². The molecule has 0 radical (unpaired) electrons. The van der Waals surface area contributed by atoms with Gasteiger partial charge in [-0.3, -0.25) is 0 Å². The molecule has 0 amide bonds. The quantitative estimate of drug-likeness (QED) is 0.684. The van der Waals surface area contributed by atoms with Gasteiger partial charge in [0.15, 0.2) is 5.82 Å². The predicted octanol–water partition coefficient (Wildman–Crippen LogP) is 1.99. The minimum atomic E-state index is 0.628. The maximum Gasteiger partial charge on any atom is 0.225 e. The first-order chi connectivity index (χ1) is 12.3. The van der Waals surface area contributed by atoms with Crippen molar-refractivity contribution in [2.24, 2.45) is 0 Å². The number of nitrogens with zero attached hydrogens (tertiary/aromatic N) is 8. The van der Waals surface area contributed by atoms with Gasteiger partial charge in [-0.05, 0) is 19.3 Å². The number of rotatable bonds is 6. The van der Waals surface area contributed by atoms with Crippen LogP contribution < -0.4 is 4.90 Å². The highest BCUT2D eigenvalue weighted by molar-refractivity contribution is 5.54. The Balaban J connectivity index is 1.55. The van der Waals surface area contributed by atoms with Crippen molar-refractivity contribution in [2.75, 3.05) is 18.0 Å². The average molecular weight is 338 g/mol. The fourth-order valence-electron chi connectivity index (χ4n) is 3.20. The Morgan fingerprint density at radius 1 is 1.04 bits per heavy atom. The minimum absolute atomic E-state index is 0.628. The molecule has 8 heteroatoms. The van der Waals surface area contributed by atoms with E-state index in [9.17, 15) is 0 Å². The lowest BCUT2D eigenvalue weighted by molar-refractivity contribution is 0.613. The van der Waals surface area contributed by atoms with Crippen LogP contribution in [-0.2, 0) is 13.1 Å². The summed E-state index contributed by atoms with van der Waals surface area (Å²) in [6, 6.07) is 0. The molecule has 3 aromatic rings. The van der Waals surface area contributed by atoms with Crippen LogP contribution in [0, 0.1) is 0 Å². The van der Waals surface area contributed by atoms with Crippen molar-refractivity contribution in [2.45, 2.75) is 39.3 Å². The molecule has 1 fully saturated rings. The predicted molar refractivity (Wildman–Crippen MR) is 94.1 cm³/mol. The third-order valence-electron chi connectivity index (χ3n) is 4.47. The SMILES string of the molecule is CCCn1cnnc1Cn1ccnc1-c1cnc(N2CCCC2)nc1. The smallest absolute Gasteiger partial charge is 0.225 e. The first kappa shape index (κ1) is 15.7. The van der Waals surface area contributed by atoms with E-state index < -0.39 is 0 Å². The third kappa shape index (κ3) is 3.24. The van der Waals surface area contributed by atoms with E-state index in [-0.39, 0.29) is 0 Å². The zero-order valence-electron chi connectivity index (χ0n) is 14.4. The standard InChI is InChI=1S/C17H22N8/c1-2-6-25-13-21-22-15(25)12-24-9-5-18-16(24)14-10-19-17(20-11-14)23-7-3-4-8-23/h5,9-11,13H,2-4,6-8,12H2,1H3. The first-order valence-corrected chi connectivity index (χ1v) is 8.80. The fraction of sp³-hybridized carbons (Fsp3) is 0.471. The van der Waals surface area contributed by atoms with Gasteiger partial charge < -0.3 is 14.0 Å². The topological polar surface area (TPSA) is 77.5 Å². The maximum absolute atomic E-state index is 4.53. The molecule has 1 saturated heterocycles. The molecule has 4 rings (SSSR count). The van der Waals surface area contributed by atoms with Gasteiger partial charge in [-0.25, -0.2) is 15.0 Å². The Bertz CT molecular complexity index is 813. The number of imidazole rings is 1. The highest BCUT2D eigenvalue weighted by Crippen LogP contribution is 2.20. The van der Waals surface area contributed by atoms with Crippen molar-refractivity contribution >= 4 is 5.95 Å². The van der Waals surface area contributed by atoms with E-state index >= 15 is 0 Å². The lowest BCUT2D eigenvalue weighted by Gasteiger charge is -2.14. The molecular formula is C17H22N8. The zero-order valence-corrected chi connectivity index (χ0v) is 14.4. The van der Waals surface area contributed by atoms with Crippen LogP contribution in [0.1, 0.15) is 32.0 Å². The Labute approximate surface area is 146 Å². The normalized spacial score (nSPS) is 14.4. The summed E-state index contributed by atoms with van der Waals surface area (Å²) in [6.45, 7) is 5.77. The van der Waals surface area contributed by atoms with Gasteiger partial charge in [-0.15, -0.1) is 10.2 Å². The van der Waals surface area contributed by atoms with E-state index in [2.05, 4.69) is 46.1 Å². The molecule has 3 aromatic heterocycles. The largest absolute Gasteiger partial charge is 0.341 e. The lowest BCUT2D eigenvalue weighted by atomic mass is 10.3. The number of hydrogen-bond donors (Lipinski definition) is 0. The average Bonchev–Trinajstić information content (AvgIpc) is 3.38. The van der Waals surface area contributed by atoms with Crippen LogP contribution in [0.25, 0.3) is 11.4 Å². The molecule has 0 aromatic carbocycles. The monoisotopic (exact) mass is 338 g/mol. The summed E-state index contributed by atoms with van der Waals surface area (Å²) in [7, 11) is 0. The Kier molecular flexibility index (Phi) is 4.41. The summed E-state index contributed by atoms with van der Waals surface area (Å²) in [5.41, 5.74) is 0.912. The van der Waals surface area contributed by atoms with Crippen LogP contribution in [0.15, 0.2) is 31.1 Å². The van der Waals surface area contributed by atoms with E-state index in [1.807, 2.05) is 18.6 Å². The van der Waals surface area contributed by atoms with Crippen LogP contribution >= 0.6 is 0 Å². The fourth-order valence-corrected chi connectivity index (χ4v) is 3.20. The summed E-state index contributed by atoms with van der Waals surface area (Å²) in [6.07, 6.45) is 12.7. The van der Waals surface area contributed by atoms with E-state index in [1.54, 1.807) is 12.5 Å². The van der Waals surface area contributed by atoms with Gasteiger partial charge in [-0.1, -0.05) is 6.92 Å². The highest BCUT2D eigenvalue weighted by atomic mass is 15.3. The van der Waals surface area contributed by atoms with Crippen molar-refractivity contribution in [1.82, 2.24) is 34.3 Å². The molecule has 0 aliphatic carbocycles. The van der Waals surface area contributed by atoms with Gasteiger partial charge in [0.05, 0.1) is 12.1 Å². The number of aryl methyl sites for hydroxylation is 1. The van der Waals surface area contributed by atoms with Gasteiger partial charge in [0.1, 0.15) is 12.2 Å². The first-order valence-electron chi connectivity index (χ1n) is 8.80. The lowest BCUT2D eigenvalue weighted by Crippen LogP contribution is -2.20. The van der Waals surface area contributed by atoms with Crippen LogP contribution in [0.3, 0.4) is 0 Å². The Morgan fingerprint density at radius 3 is 2.60 bits per heavy atom. The molecule has 4 heterocycles. The number of anilines is 1. The van der Waals surface area contributed by atoms with E-state index in [1.165, 1.54) is 12.8 Å². The van der Waals surface area contributed by atoms with E-state index in [0.29, 0.717) is 6.54 Å². The molecule has 0 saturated carbocycles. The molecule has 8 nitrogen and oxygen atoms in total. The summed E-state index contributed by atoms with van der Waals surface area (Å²) in [5.74, 6) is 2.58. The van der Waals surface area contributed by atoms with Crippen molar-refractivity contribution < 1.29 is 0 Å². The maximum atomic E-state index is 4.53. The molecule has 0 atom stereocenters. The van der Waals surface area contributed by atoms with Crippen LogP contribution in [0.4, 0.5) is 5.95 Å². The second kappa shape index (κ2) is 7.00.